The van der Waals surface area contributed by atoms with E-state index in [-0.39, 0.29) is 0 Å². The van der Waals surface area contributed by atoms with Crippen molar-refractivity contribution in [1.29, 1.82) is 0 Å². The molecule has 1 aliphatic rings. The number of fused-ring (bicyclic) bond motifs is 3. The summed E-state index contributed by atoms with van der Waals surface area (Å²) < 4.78 is 6.40. The van der Waals surface area contributed by atoms with Gasteiger partial charge in [0.1, 0.15) is 11.5 Å². The zero-order valence-electron chi connectivity index (χ0n) is 18.6. The standard InChI is InChI=1S/C31H25NO/c1-3-30-28(26-17-8-7-16-25(26)27-18-10-12-20-31(27)33-30)21-22(2)24-15-9-11-19-29(24)32-23-13-5-4-6-14-23/h3-21,32H,2H2,1H3/b28-21-,30-3+. The lowest BCUT2D eigenvalue weighted by Gasteiger charge is -2.15. The first-order chi connectivity index (χ1) is 16.2. The van der Waals surface area contributed by atoms with Gasteiger partial charge in [-0.1, -0.05) is 85.4 Å². The molecule has 0 radical (unpaired) electrons. The Balaban J connectivity index is 1.60. The van der Waals surface area contributed by atoms with Crippen molar-refractivity contribution < 1.29 is 4.74 Å². The molecule has 1 N–H and O–H groups in total. The molecule has 0 unspecified atom stereocenters. The third-order valence-corrected chi connectivity index (χ3v) is 5.79. The summed E-state index contributed by atoms with van der Waals surface area (Å²) in [5.41, 5.74) is 8.40. The molecule has 4 aromatic carbocycles. The van der Waals surface area contributed by atoms with E-state index in [4.69, 9.17) is 4.74 Å². The first-order valence-electron chi connectivity index (χ1n) is 11.1. The molecule has 0 amide bonds. The number of para-hydroxylation sites is 3. The molecule has 0 saturated carbocycles. The van der Waals surface area contributed by atoms with Crippen molar-refractivity contribution in [2.45, 2.75) is 6.92 Å². The van der Waals surface area contributed by atoms with Gasteiger partial charge >= 0.3 is 0 Å². The van der Waals surface area contributed by atoms with Gasteiger partial charge in [-0.15, -0.1) is 0 Å². The number of hydrogen-bond donors (Lipinski definition) is 1. The van der Waals surface area contributed by atoms with Crippen molar-refractivity contribution in [3.05, 3.63) is 139 Å². The van der Waals surface area contributed by atoms with Crippen LogP contribution >= 0.6 is 0 Å². The molecule has 33 heavy (non-hydrogen) atoms. The van der Waals surface area contributed by atoms with Gasteiger partial charge < -0.3 is 10.1 Å². The highest BCUT2D eigenvalue weighted by Gasteiger charge is 2.22. The fraction of sp³-hybridized carbons (Fsp3) is 0.0323. The molecule has 0 bridgehead atoms. The minimum atomic E-state index is 0.821. The van der Waals surface area contributed by atoms with Crippen LogP contribution in [0.2, 0.25) is 0 Å². The predicted octanol–water partition coefficient (Wildman–Crippen LogP) is 8.49. The van der Waals surface area contributed by atoms with Crippen LogP contribution in [0.25, 0.3) is 22.3 Å². The molecule has 0 spiro atoms. The van der Waals surface area contributed by atoms with Crippen molar-refractivity contribution in [2.24, 2.45) is 0 Å². The van der Waals surface area contributed by atoms with Gasteiger partial charge in [-0.05, 0) is 60.0 Å². The predicted molar refractivity (Wildman–Crippen MR) is 139 cm³/mol. The largest absolute Gasteiger partial charge is 0.456 e. The van der Waals surface area contributed by atoms with Crippen molar-refractivity contribution >= 4 is 22.5 Å². The summed E-state index contributed by atoms with van der Waals surface area (Å²) in [5.74, 6) is 1.68. The van der Waals surface area contributed by atoms with Crippen LogP contribution in [-0.4, -0.2) is 0 Å². The number of allylic oxidation sites excluding steroid dienone is 4. The topological polar surface area (TPSA) is 21.3 Å². The van der Waals surface area contributed by atoms with E-state index < -0.39 is 0 Å². The fourth-order valence-electron chi connectivity index (χ4n) is 4.20. The number of benzene rings is 4. The van der Waals surface area contributed by atoms with Crippen molar-refractivity contribution in [3.8, 4) is 16.9 Å². The summed E-state index contributed by atoms with van der Waals surface area (Å²) in [5, 5.41) is 3.53. The van der Waals surface area contributed by atoms with E-state index in [1.54, 1.807) is 0 Å². The zero-order valence-corrected chi connectivity index (χ0v) is 18.6. The first kappa shape index (κ1) is 20.6. The van der Waals surface area contributed by atoms with E-state index in [9.17, 15) is 0 Å². The lowest BCUT2D eigenvalue weighted by atomic mass is 9.92. The molecule has 1 heterocycles. The van der Waals surface area contributed by atoms with Crippen LogP contribution in [0.15, 0.2) is 128 Å². The Kier molecular flexibility index (Phi) is 5.65. The second kappa shape index (κ2) is 9.05. The maximum atomic E-state index is 6.40. The molecule has 5 rings (SSSR count). The summed E-state index contributed by atoms with van der Waals surface area (Å²) in [6.07, 6.45) is 4.15. The summed E-state index contributed by atoms with van der Waals surface area (Å²) in [6, 6.07) is 35.1. The number of rotatable bonds is 4. The molecule has 4 aromatic rings. The Labute approximate surface area is 195 Å². The van der Waals surface area contributed by atoms with E-state index in [1.807, 2.05) is 61.5 Å². The fourth-order valence-corrected chi connectivity index (χ4v) is 4.20. The third kappa shape index (κ3) is 4.11. The van der Waals surface area contributed by atoms with Crippen LogP contribution in [0, 0.1) is 0 Å². The summed E-state index contributed by atoms with van der Waals surface area (Å²) in [7, 11) is 0. The van der Waals surface area contributed by atoms with E-state index in [2.05, 4.69) is 72.6 Å². The Hall–Kier alpha value is -4.30. The molecule has 0 saturated heterocycles. The van der Waals surface area contributed by atoms with Crippen LogP contribution in [0.5, 0.6) is 5.75 Å². The molecule has 0 aromatic heterocycles. The average Bonchev–Trinajstić information content (AvgIpc) is 3.00. The first-order valence-corrected chi connectivity index (χ1v) is 11.1. The van der Waals surface area contributed by atoms with E-state index in [0.29, 0.717) is 0 Å². The summed E-state index contributed by atoms with van der Waals surface area (Å²) >= 11 is 0. The van der Waals surface area contributed by atoms with E-state index >= 15 is 0 Å². The normalized spacial score (nSPS) is 14.7. The maximum absolute atomic E-state index is 6.40. The van der Waals surface area contributed by atoms with Crippen molar-refractivity contribution in [3.63, 3.8) is 0 Å². The third-order valence-electron chi connectivity index (χ3n) is 5.79. The van der Waals surface area contributed by atoms with E-state index in [1.165, 1.54) is 0 Å². The van der Waals surface area contributed by atoms with Crippen LogP contribution in [-0.2, 0) is 0 Å². The highest BCUT2D eigenvalue weighted by molar-refractivity contribution is 5.97. The highest BCUT2D eigenvalue weighted by atomic mass is 16.5. The van der Waals surface area contributed by atoms with Crippen molar-refractivity contribution in [2.75, 3.05) is 5.32 Å². The average molecular weight is 428 g/mol. The lowest BCUT2D eigenvalue weighted by molar-refractivity contribution is 0.452. The highest BCUT2D eigenvalue weighted by Crippen LogP contribution is 2.43. The summed E-state index contributed by atoms with van der Waals surface area (Å²) in [4.78, 5) is 0. The molecule has 2 heteroatoms. The van der Waals surface area contributed by atoms with Crippen LogP contribution in [0.1, 0.15) is 18.1 Å². The van der Waals surface area contributed by atoms with Gasteiger partial charge in [-0.25, -0.2) is 0 Å². The minimum Gasteiger partial charge on any atom is -0.456 e. The molecule has 0 atom stereocenters. The molecular formula is C31H25NO. The van der Waals surface area contributed by atoms with Crippen LogP contribution in [0.4, 0.5) is 11.4 Å². The van der Waals surface area contributed by atoms with Crippen LogP contribution in [0.3, 0.4) is 0 Å². The Bertz CT molecular complexity index is 1380. The second-order valence-corrected chi connectivity index (χ2v) is 7.92. The quantitative estimate of drug-likeness (QED) is 0.352. The Morgan fingerprint density at radius 1 is 0.727 bits per heavy atom. The molecule has 2 nitrogen and oxygen atoms in total. The minimum absolute atomic E-state index is 0.821. The van der Waals surface area contributed by atoms with Crippen molar-refractivity contribution in [1.82, 2.24) is 0 Å². The monoisotopic (exact) mass is 427 g/mol. The van der Waals surface area contributed by atoms with Gasteiger partial charge in [0.25, 0.3) is 0 Å². The smallest absolute Gasteiger partial charge is 0.135 e. The van der Waals surface area contributed by atoms with Gasteiger partial charge in [0.15, 0.2) is 0 Å². The number of hydrogen-bond acceptors (Lipinski definition) is 2. The van der Waals surface area contributed by atoms with Gasteiger partial charge in [-0.3, -0.25) is 0 Å². The number of nitrogens with one attached hydrogen (secondary N) is 1. The second-order valence-electron chi connectivity index (χ2n) is 7.92. The Morgan fingerprint density at radius 2 is 1.36 bits per heavy atom. The van der Waals surface area contributed by atoms with Gasteiger partial charge in [0.05, 0.1) is 0 Å². The zero-order chi connectivity index (χ0) is 22.6. The lowest BCUT2D eigenvalue weighted by Crippen LogP contribution is -1.99. The molecule has 1 aliphatic heterocycles. The van der Waals surface area contributed by atoms with Gasteiger partial charge in [0, 0.05) is 28.1 Å². The number of ether oxygens (including phenoxy) is 1. The van der Waals surface area contributed by atoms with Gasteiger partial charge in [-0.2, -0.15) is 0 Å². The number of anilines is 2. The molecule has 0 fully saturated rings. The maximum Gasteiger partial charge on any atom is 0.135 e. The molecule has 160 valence electrons. The SMILES string of the molecule is C=C(/C=C1\C(=C/C)Oc2ccccc2-c2ccccc21)c1ccccc1Nc1ccccc1. The van der Waals surface area contributed by atoms with Crippen LogP contribution < -0.4 is 10.1 Å². The molecule has 0 aliphatic carbocycles. The summed E-state index contributed by atoms with van der Waals surface area (Å²) in [6.45, 7) is 6.45. The Morgan fingerprint density at radius 3 is 2.15 bits per heavy atom. The van der Waals surface area contributed by atoms with Gasteiger partial charge in [0.2, 0.25) is 0 Å². The molecular weight excluding hydrogens is 402 g/mol. The van der Waals surface area contributed by atoms with E-state index in [0.717, 1.165) is 56.3 Å².